The zero-order valence-corrected chi connectivity index (χ0v) is 11.3. The first-order chi connectivity index (χ1) is 9.56. The summed E-state index contributed by atoms with van der Waals surface area (Å²) in [5, 5.41) is 13.7. The molecule has 110 valence electrons. The largest absolute Gasteiger partial charge is 0.481 e. The zero-order valence-electron chi connectivity index (χ0n) is 11.3. The summed E-state index contributed by atoms with van der Waals surface area (Å²) < 4.78 is 0. The van der Waals surface area contributed by atoms with Gasteiger partial charge in [0.05, 0.1) is 0 Å². The summed E-state index contributed by atoms with van der Waals surface area (Å²) in [6.07, 6.45) is 4.18. The quantitative estimate of drug-likeness (QED) is 0.703. The van der Waals surface area contributed by atoms with E-state index >= 15 is 0 Å². The highest BCUT2D eigenvalue weighted by molar-refractivity contribution is 5.94. The van der Waals surface area contributed by atoms with E-state index in [0.29, 0.717) is 11.8 Å². The molecule has 3 amide bonds. The van der Waals surface area contributed by atoms with Crippen LogP contribution in [0.3, 0.4) is 0 Å². The van der Waals surface area contributed by atoms with Crippen LogP contribution in [0.5, 0.6) is 0 Å². The molecule has 6 nitrogen and oxygen atoms in total. The Balaban J connectivity index is 1.36. The molecule has 4 unspecified atom stereocenters. The number of hydrogen-bond acceptors (Lipinski definition) is 3. The van der Waals surface area contributed by atoms with Gasteiger partial charge in [-0.05, 0) is 49.4 Å². The van der Waals surface area contributed by atoms with Gasteiger partial charge in [0.2, 0.25) is 5.91 Å². The molecule has 4 atom stereocenters. The lowest BCUT2D eigenvalue weighted by Crippen LogP contribution is -2.42. The SMILES string of the molecule is O=C(O)CCCC(=O)NC(=O)NC1C2C3CCC(C3)C12. The standard InChI is InChI=1S/C14H20N2O4/c17-9(2-1-3-10(18)19)15-14(20)16-13-11-7-4-5-8(6-7)12(11)13/h7-8,11-13H,1-6H2,(H,18,19)(H2,15,16,17,20). The van der Waals surface area contributed by atoms with Gasteiger partial charge in [-0.3, -0.25) is 14.9 Å². The van der Waals surface area contributed by atoms with Crippen LogP contribution in [-0.2, 0) is 9.59 Å². The highest BCUT2D eigenvalue weighted by Crippen LogP contribution is 2.65. The van der Waals surface area contributed by atoms with Crippen molar-refractivity contribution in [3.8, 4) is 0 Å². The van der Waals surface area contributed by atoms with Crippen LogP contribution < -0.4 is 10.6 Å². The average Bonchev–Trinajstić information content (AvgIpc) is 2.78. The van der Waals surface area contributed by atoms with Crippen LogP contribution in [0.4, 0.5) is 4.79 Å². The number of carbonyl (C=O) groups excluding carboxylic acids is 2. The molecule has 20 heavy (non-hydrogen) atoms. The Morgan fingerprint density at radius 2 is 1.70 bits per heavy atom. The molecule has 6 heteroatoms. The van der Waals surface area contributed by atoms with Gasteiger partial charge in [0.1, 0.15) is 0 Å². The molecular formula is C14H20N2O4. The molecule has 0 heterocycles. The third kappa shape index (κ3) is 2.51. The Hall–Kier alpha value is -1.59. The van der Waals surface area contributed by atoms with Crippen LogP contribution >= 0.6 is 0 Å². The molecule has 3 N–H and O–H groups in total. The number of nitrogens with one attached hydrogen (secondary N) is 2. The van der Waals surface area contributed by atoms with Gasteiger partial charge in [-0.15, -0.1) is 0 Å². The van der Waals surface area contributed by atoms with Crippen molar-refractivity contribution >= 4 is 17.9 Å². The smallest absolute Gasteiger partial charge is 0.321 e. The maximum atomic E-state index is 11.7. The van der Waals surface area contributed by atoms with Crippen LogP contribution in [0.15, 0.2) is 0 Å². The molecule has 0 radical (unpaired) electrons. The second-order valence-electron chi connectivity index (χ2n) is 6.28. The van der Waals surface area contributed by atoms with E-state index in [-0.39, 0.29) is 25.3 Å². The molecule has 2 bridgehead atoms. The van der Waals surface area contributed by atoms with Crippen molar-refractivity contribution < 1.29 is 19.5 Å². The van der Waals surface area contributed by atoms with E-state index in [0.717, 1.165) is 11.8 Å². The van der Waals surface area contributed by atoms with Crippen molar-refractivity contribution in [1.29, 1.82) is 0 Å². The first-order valence-electron chi connectivity index (χ1n) is 7.38. The molecule has 0 aromatic carbocycles. The molecule has 0 aliphatic heterocycles. The van der Waals surface area contributed by atoms with Crippen LogP contribution in [0.1, 0.15) is 38.5 Å². The number of aliphatic carboxylic acids is 1. The van der Waals surface area contributed by atoms with Crippen molar-refractivity contribution in [3.05, 3.63) is 0 Å². The van der Waals surface area contributed by atoms with E-state index in [9.17, 15) is 14.4 Å². The maximum absolute atomic E-state index is 11.7. The minimum Gasteiger partial charge on any atom is -0.481 e. The minimum atomic E-state index is -0.927. The van der Waals surface area contributed by atoms with Crippen molar-refractivity contribution in [3.63, 3.8) is 0 Å². The maximum Gasteiger partial charge on any atom is 0.321 e. The van der Waals surface area contributed by atoms with E-state index in [2.05, 4.69) is 10.6 Å². The lowest BCUT2D eigenvalue weighted by Gasteiger charge is -2.11. The van der Waals surface area contributed by atoms with Crippen molar-refractivity contribution in [2.24, 2.45) is 23.7 Å². The third-order valence-corrected chi connectivity index (χ3v) is 5.08. The fourth-order valence-corrected chi connectivity index (χ4v) is 4.30. The van der Waals surface area contributed by atoms with Crippen molar-refractivity contribution in [2.45, 2.75) is 44.6 Å². The lowest BCUT2D eigenvalue weighted by atomic mass is 10.0. The summed E-state index contributed by atoms with van der Waals surface area (Å²) in [4.78, 5) is 33.5. The Bertz CT molecular complexity index is 434. The summed E-state index contributed by atoms with van der Waals surface area (Å²) in [7, 11) is 0. The van der Waals surface area contributed by atoms with Gasteiger partial charge in [0, 0.05) is 18.9 Å². The van der Waals surface area contributed by atoms with Crippen LogP contribution in [-0.4, -0.2) is 29.1 Å². The van der Waals surface area contributed by atoms with Gasteiger partial charge in [-0.1, -0.05) is 0 Å². The number of amides is 3. The molecule has 0 aromatic rings. The molecule has 3 saturated carbocycles. The number of rotatable bonds is 5. The van der Waals surface area contributed by atoms with Gasteiger partial charge in [-0.25, -0.2) is 4.79 Å². The zero-order chi connectivity index (χ0) is 14.3. The monoisotopic (exact) mass is 280 g/mol. The highest BCUT2D eigenvalue weighted by atomic mass is 16.4. The molecule has 0 saturated heterocycles. The fourth-order valence-electron chi connectivity index (χ4n) is 4.30. The number of carboxylic acids is 1. The molecule has 3 aliphatic carbocycles. The summed E-state index contributed by atoms with van der Waals surface area (Å²) in [6.45, 7) is 0. The number of fused-ring (bicyclic) bond motifs is 5. The van der Waals surface area contributed by atoms with E-state index in [1.807, 2.05) is 0 Å². The summed E-state index contributed by atoms with van der Waals surface area (Å²) in [6, 6.07) is -0.169. The van der Waals surface area contributed by atoms with E-state index in [1.165, 1.54) is 19.3 Å². The summed E-state index contributed by atoms with van der Waals surface area (Å²) in [5.41, 5.74) is 0. The molecule has 3 fully saturated rings. The first kappa shape index (κ1) is 13.4. The lowest BCUT2D eigenvalue weighted by molar-refractivity contribution is -0.137. The van der Waals surface area contributed by atoms with E-state index in [1.54, 1.807) is 0 Å². The van der Waals surface area contributed by atoms with Crippen molar-refractivity contribution in [1.82, 2.24) is 10.6 Å². The minimum absolute atomic E-state index is 0.0504. The fraction of sp³-hybridized carbons (Fsp3) is 0.786. The predicted molar refractivity (Wildman–Crippen MR) is 69.8 cm³/mol. The molecule has 0 spiro atoms. The van der Waals surface area contributed by atoms with Gasteiger partial charge in [0.15, 0.2) is 0 Å². The highest BCUT2D eigenvalue weighted by Gasteiger charge is 2.65. The molecule has 3 aliphatic rings. The predicted octanol–water partition coefficient (Wildman–Crippen LogP) is 1.11. The second-order valence-corrected chi connectivity index (χ2v) is 6.28. The van der Waals surface area contributed by atoms with Crippen LogP contribution in [0, 0.1) is 23.7 Å². The Morgan fingerprint density at radius 1 is 1.05 bits per heavy atom. The van der Waals surface area contributed by atoms with E-state index < -0.39 is 17.9 Å². The van der Waals surface area contributed by atoms with Crippen LogP contribution in [0.25, 0.3) is 0 Å². The Kier molecular flexibility index (Phi) is 3.40. The number of carbonyl (C=O) groups is 3. The van der Waals surface area contributed by atoms with Crippen LogP contribution in [0.2, 0.25) is 0 Å². The molecule has 3 rings (SSSR count). The second kappa shape index (κ2) is 5.07. The van der Waals surface area contributed by atoms with Gasteiger partial charge >= 0.3 is 12.0 Å². The summed E-state index contributed by atoms with van der Waals surface area (Å²) >= 11 is 0. The first-order valence-corrected chi connectivity index (χ1v) is 7.38. The van der Waals surface area contributed by atoms with E-state index in [4.69, 9.17) is 5.11 Å². The summed E-state index contributed by atoms with van der Waals surface area (Å²) in [5.74, 6) is 1.51. The average molecular weight is 280 g/mol. The van der Waals surface area contributed by atoms with Gasteiger partial charge in [-0.2, -0.15) is 0 Å². The molecule has 0 aromatic heterocycles. The third-order valence-electron chi connectivity index (χ3n) is 5.08. The Labute approximate surface area is 117 Å². The number of imide groups is 1. The Morgan fingerprint density at radius 3 is 2.30 bits per heavy atom. The van der Waals surface area contributed by atoms with Gasteiger partial charge < -0.3 is 10.4 Å². The van der Waals surface area contributed by atoms with Gasteiger partial charge in [0.25, 0.3) is 0 Å². The number of carboxylic acid groups (broad SMARTS) is 1. The van der Waals surface area contributed by atoms with Crippen molar-refractivity contribution in [2.75, 3.05) is 0 Å². The number of hydrogen-bond donors (Lipinski definition) is 3. The molecular weight excluding hydrogens is 260 g/mol. The normalized spacial score (nSPS) is 36.3. The number of urea groups is 1. The topological polar surface area (TPSA) is 95.5 Å².